The van der Waals surface area contributed by atoms with Crippen molar-refractivity contribution >= 4 is 29.3 Å². The molecule has 29 heavy (non-hydrogen) atoms. The number of esters is 1. The van der Waals surface area contributed by atoms with Crippen molar-refractivity contribution < 1.29 is 28.8 Å². The fourth-order valence-corrected chi connectivity index (χ4v) is 3.30. The molecule has 1 aromatic heterocycles. The van der Waals surface area contributed by atoms with Crippen LogP contribution in [0.4, 0.5) is 5.69 Å². The maximum atomic E-state index is 12.7. The van der Waals surface area contributed by atoms with Crippen molar-refractivity contribution in [2.75, 3.05) is 13.2 Å². The minimum atomic E-state index is -0.784. The van der Waals surface area contributed by atoms with E-state index in [-0.39, 0.29) is 34.7 Å². The summed E-state index contributed by atoms with van der Waals surface area (Å²) in [6, 6.07) is 3.34. The number of imide groups is 1. The maximum Gasteiger partial charge on any atom is 0.340 e. The first-order chi connectivity index (χ1) is 13.7. The van der Waals surface area contributed by atoms with E-state index in [4.69, 9.17) is 4.74 Å². The van der Waals surface area contributed by atoms with Gasteiger partial charge in [0.05, 0.1) is 40.5 Å². The van der Waals surface area contributed by atoms with Gasteiger partial charge in [0.2, 0.25) is 0 Å². The molecule has 1 aliphatic rings. The maximum absolute atomic E-state index is 12.7. The predicted octanol–water partition coefficient (Wildman–Crippen LogP) is 2.20. The molecule has 0 saturated carbocycles. The van der Waals surface area contributed by atoms with Crippen molar-refractivity contribution in [2.45, 2.75) is 20.8 Å². The zero-order valence-corrected chi connectivity index (χ0v) is 15.9. The van der Waals surface area contributed by atoms with Gasteiger partial charge in [0.15, 0.2) is 5.78 Å². The summed E-state index contributed by atoms with van der Waals surface area (Å²) < 4.78 is 4.98. The highest BCUT2D eigenvalue weighted by Gasteiger charge is 2.38. The van der Waals surface area contributed by atoms with Crippen molar-refractivity contribution in [3.05, 3.63) is 62.0 Å². The number of ketones is 1. The third kappa shape index (κ3) is 3.28. The number of aryl methyl sites for hydroxylation is 1. The second-order valence-corrected chi connectivity index (χ2v) is 6.45. The van der Waals surface area contributed by atoms with E-state index in [2.05, 4.69) is 4.98 Å². The monoisotopic (exact) mass is 399 g/mol. The van der Waals surface area contributed by atoms with Crippen molar-refractivity contribution in [1.29, 1.82) is 0 Å². The number of carbonyl (C=O) groups excluding carboxylic acids is 4. The van der Waals surface area contributed by atoms with Gasteiger partial charge in [-0.3, -0.25) is 29.4 Å². The highest BCUT2D eigenvalue weighted by molar-refractivity contribution is 6.23. The fraction of sp³-hybridized carbons (Fsp3) is 0.263. The van der Waals surface area contributed by atoms with E-state index < -0.39 is 35.0 Å². The number of hydrogen-bond donors (Lipinski definition) is 1. The topological polar surface area (TPSA) is 140 Å². The van der Waals surface area contributed by atoms with Crippen LogP contribution in [0.3, 0.4) is 0 Å². The molecule has 2 heterocycles. The molecule has 0 saturated heterocycles. The van der Waals surface area contributed by atoms with E-state index in [0.29, 0.717) is 11.3 Å². The summed E-state index contributed by atoms with van der Waals surface area (Å²) in [6.45, 7) is 4.44. The Morgan fingerprint density at radius 3 is 2.45 bits per heavy atom. The zero-order valence-electron chi connectivity index (χ0n) is 15.9. The van der Waals surface area contributed by atoms with E-state index in [1.807, 2.05) is 0 Å². The third-order valence-electron chi connectivity index (χ3n) is 4.66. The number of nitrogens with zero attached hydrogens (tertiary/aromatic N) is 2. The SMILES string of the molecule is CCOC(=O)c1c(C)[nH]c(C(=O)CN2C(=O)c3ccc([N+](=O)[O-])cc3C2=O)c1C. The Balaban J connectivity index is 1.88. The molecule has 0 bridgehead atoms. The van der Waals surface area contributed by atoms with Crippen LogP contribution in [0.5, 0.6) is 0 Å². The van der Waals surface area contributed by atoms with Gasteiger partial charge in [-0.25, -0.2) is 4.79 Å². The average molecular weight is 399 g/mol. The molecule has 1 N–H and O–H groups in total. The summed E-state index contributed by atoms with van der Waals surface area (Å²) in [7, 11) is 0. The van der Waals surface area contributed by atoms with Crippen LogP contribution in [0.15, 0.2) is 18.2 Å². The Kier molecular flexibility index (Phi) is 5.02. The number of non-ortho nitro benzene ring substituents is 1. The van der Waals surface area contributed by atoms with Crippen LogP contribution in [0, 0.1) is 24.0 Å². The Bertz CT molecular complexity index is 1080. The molecule has 2 aromatic rings. The molecular formula is C19H17N3O7. The van der Waals surface area contributed by atoms with Gasteiger partial charge in [0, 0.05) is 17.8 Å². The van der Waals surface area contributed by atoms with Gasteiger partial charge in [0.25, 0.3) is 17.5 Å². The van der Waals surface area contributed by atoms with Crippen LogP contribution in [-0.4, -0.2) is 51.5 Å². The van der Waals surface area contributed by atoms with Crippen molar-refractivity contribution in [1.82, 2.24) is 9.88 Å². The normalized spacial score (nSPS) is 12.9. The molecular weight excluding hydrogens is 382 g/mol. The lowest BCUT2D eigenvalue weighted by atomic mass is 10.1. The van der Waals surface area contributed by atoms with Gasteiger partial charge in [-0.1, -0.05) is 0 Å². The molecule has 2 amide bonds. The summed E-state index contributed by atoms with van der Waals surface area (Å²) in [5.41, 5.74) is 0.665. The van der Waals surface area contributed by atoms with Crippen LogP contribution in [0.25, 0.3) is 0 Å². The van der Waals surface area contributed by atoms with Gasteiger partial charge in [-0.2, -0.15) is 0 Å². The van der Waals surface area contributed by atoms with E-state index >= 15 is 0 Å². The molecule has 0 aliphatic carbocycles. The number of nitro benzene ring substituents is 1. The first kappa shape index (κ1) is 19.9. The molecule has 1 aromatic carbocycles. The number of hydrogen-bond acceptors (Lipinski definition) is 7. The van der Waals surface area contributed by atoms with E-state index in [0.717, 1.165) is 17.0 Å². The summed E-state index contributed by atoms with van der Waals surface area (Å²) >= 11 is 0. The minimum Gasteiger partial charge on any atom is -0.462 e. The molecule has 0 unspecified atom stereocenters. The van der Waals surface area contributed by atoms with Crippen LogP contribution >= 0.6 is 0 Å². The Hall–Kier alpha value is -3.82. The lowest BCUT2D eigenvalue weighted by Crippen LogP contribution is -2.35. The van der Waals surface area contributed by atoms with Crippen LogP contribution < -0.4 is 0 Å². The largest absolute Gasteiger partial charge is 0.462 e. The Morgan fingerprint density at radius 1 is 1.17 bits per heavy atom. The number of fused-ring (bicyclic) bond motifs is 1. The van der Waals surface area contributed by atoms with Crippen molar-refractivity contribution in [2.24, 2.45) is 0 Å². The number of H-pyrrole nitrogens is 1. The van der Waals surface area contributed by atoms with Gasteiger partial charge in [-0.15, -0.1) is 0 Å². The van der Waals surface area contributed by atoms with Crippen molar-refractivity contribution in [3.63, 3.8) is 0 Å². The molecule has 3 rings (SSSR count). The molecule has 150 valence electrons. The first-order valence-corrected chi connectivity index (χ1v) is 8.71. The fourth-order valence-electron chi connectivity index (χ4n) is 3.30. The molecule has 10 heteroatoms. The third-order valence-corrected chi connectivity index (χ3v) is 4.66. The van der Waals surface area contributed by atoms with Crippen LogP contribution in [-0.2, 0) is 4.74 Å². The molecule has 0 atom stereocenters. The predicted molar refractivity (Wildman–Crippen MR) is 99.0 cm³/mol. The van der Waals surface area contributed by atoms with Crippen LogP contribution in [0.1, 0.15) is 59.7 Å². The standard InChI is InChI=1S/C19H17N3O7/c1-4-29-19(26)15-9(2)16(20-10(15)3)14(23)8-21-17(24)12-6-5-11(22(27)28)7-13(12)18(21)25/h5-7,20H,4,8H2,1-3H3. The van der Waals surface area contributed by atoms with Gasteiger partial charge in [0.1, 0.15) is 0 Å². The summed E-state index contributed by atoms with van der Waals surface area (Å²) in [6.07, 6.45) is 0. The number of aromatic nitrogens is 1. The van der Waals surface area contributed by atoms with Gasteiger partial charge >= 0.3 is 5.97 Å². The number of nitrogens with one attached hydrogen (secondary N) is 1. The lowest BCUT2D eigenvalue weighted by Gasteiger charge is -2.12. The van der Waals surface area contributed by atoms with E-state index in [9.17, 15) is 29.3 Å². The number of aromatic amines is 1. The number of amides is 2. The van der Waals surface area contributed by atoms with Gasteiger partial charge in [-0.05, 0) is 32.4 Å². The van der Waals surface area contributed by atoms with Crippen LogP contribution in [0.2, 0.25) is 0 Å². The first-order valence-electron chi connectivity index (χ1n) is 8.71. The minimum absolute atomic E-state index is 0.000000752. The highest BCUT2D eigenvalue weighted by atomic mass is 16.6. The summed E-state index contributed by atoms with van der Waals surface area (Å²) in [4.78, 5) is 63.7. The van der Waals surface area contributed by atoms with E-state index in [1.54, 1.807) is 20.8 Å². The number of Topliss-reactive ketones (excluding diaryl/α,β-unsaturated/α-hetero) is 1. The number of carbonyl (C=O) groups is 4. The molecule has 0 radical (unpaired) electrons. The second-order valence-electron chi connectivity index (χ2n) is 6.45. The quantitative estimate of drug-likeness (QED) is 0.258. The average Bonchev–Trinajstić information content (AvgIpc) is 3.10. The summed E-state index contributed by atoms with van der Waals surface area (Å²) in [5, 5.41) is 10.9. The molecule has 10 nitrogen and oxygen atoms in total. The van der Waals surface area contributed by atoms with E-state index in [1.165, 1.54) is 6.07 Å². The number of rotatable bonds is 6. The zero-order chi connectivity index (χ0) is 21.5. The smallest absolute Gasteiger partial charge is 0.340 e. The second kappa shape index (κ2) is 7.30. The Morgan fingerprint density at radius 2 is 1.83 bits per heavy atom. The highest BCUT2D eigenvalue weighted by Crippen LogP contribution is 2.27. The van der Waals surface area contributed by atoms with Gasteiger partial charge < -0.3 is 9.72 Å². The Labute approximate surface area is 164 Å². The number of ether oxygens (including phenoxy) is 1. The molecule has 1 aliphatic heterocycles. The lowest BCUT2D eigenvalue weighted by molar-refractivity contribution is -0.384. The number of nitro groups is 1. The molecule has 0 fully saturated rings. The molecule has 0 spiro atoms. The summed E-state index contributed by atoms with van der Waals surface area (Å²) in [5.74, 6) is -2.65. The number of benzene rings is 1. The van der Waals surface area contributed by atoms with Crippen molar-refractivity contribution in [3.8, 4) is 0 Å².